The van der Waals surface area contributed by atoms with Crippen molar-refractivity contribution in [1.29, 1.82) is 0 Å². The molecule has 0 fully saturated rings. The van der Waals surface area contributed by atoms with Crippen LogP contribution in [0.3, 0.4) is 0 Å². The second kappa shape index (κ2) is 8.75. The number of hydrogen-bond acceptors (Lipinski definition) is 7. The molecule has 0 saturated carbocycles. The van der Waals surface area contributed by atoms with Crippen molar-refractivity contribution in [2.45, 2.75) is 20.4 Å². The molecular weight excluding hydrogens is 342 g/mol. The number of hydrogen-bond donors (Lipinski definition) is 2. The van der Waals surface area contributed by atoms with Crippen LogP contribution in [-0.2, 0) is 11.3 Å². The minimum atomic E-state index is -0.389. The Morgan fingerprint density at radius 1 is 1.15 bits per heavy atom. The Hall–Kier alpha value is -3.48. The van der Waals surface area contributed by atoms with Crippen LogP contribution in [0.1, 0.15) is 28.4 Å². The first-order chi connectivity index (χ1) is 13.2. The molecule has 2 N–H and O–H groups in total. The molecule has 0 aliphatic heterocycles. The van der Waals surface area contributed by atoms with Gasteiger partial charge < -0.3 is 15.4 Å². The lowest BCUT2D eigenvalue weighted by Gasteiger charge is -2.11. The van der Waals surface area contributed by atoms with E-state index in [1.54, 1.807) is 25.1 Å². The molecule has 1 aromatic heterocycles. The Bertz CT molecular complexity index is 930. The number of nitrogens with zero attached hydrogens (tertiary/aromatic N) is 3. The van der Waals surface area contributed by atoms with Gasteiger partial charge in [0.2, 0.25) is 5.95 Å². The van der Waals surface area contributed by atoms with Gasteiger partial charge in [-0.3, -0.25) is 0 Å². The van der Waals surface area contributed by atoms with Crippen LogP contribution in [0.15, 0.2) is 54.7 Å². The van der Waals surface area contributed by atoms with Gasteiger partial charge in [0.1, 0.15) is 0 Å². The van der Waals surface area contributed by atoms with Crippen LogP contribution in [0.5, 0.6) is 0 Å². The summed E-state index contributed by atoms with van der Waals surface area (Å²) in [7, 11) is 0. The van der Waals surface area contributed by atoms with Crippen LogP contribution in [0.2, 0.25) is 0 Å². The maximum absolute atomic E-state index is 12.1. The molecule has 3 aromatic rings. The number of carbonyl (C=O) groups excluding carboxylic acids is 1. The Morgan fingerprint density at radius 2 is 2.00 bits per heavy atom. The highest BCUT2D eigenvalue weighted by Crippen LogP contribution is 2.20. The van der Waals surface area contributed by atoms with E-state index in [2.05, 4.69) is 31.9 Å². The summed E-state index contributed by atoms with van der Waals surface area (Å²) in [6.45, 7) is 4.73. The molecule has 2 aromatic carbocycles. The van der Waals surface area contributed by atoms with E-state index in [1.807, 2.05) is 31.2 Å². The summed E-state index contributed by atoms with van der Waals surface area (Å²) in [6.07, 6.45) is 1.50. The highest BCUT2D eigenvalue weighted by atomic mass is 16.5. The van der Waals surface area contributed by atoms with E-state index in [1.165, 1.54) is 11.8 Å². The second-order valence-corrected chi connectivity index (χ2v) is 5.90. The van der Waals surface area contributed by atoms with E-state index < -0.39 is 0 Å². The van der Waals surface area contributed by atoms with E-state index in [-0.39, 0.29) is 5.97 Å². The van der Waals surface area contributed by atoms with Crippen molar-refractivity contribution in [3.8, 4) is 0 Å². The number of para-hydroxylation sites is 1. The number of esters is 1. The molecule has 0 saturated heterocycles. The van der Waals surface area contributed by atoms with Gasteiger partial charge in [0.05, 0.1) is 24.1 Å². The fourth-order valence-corrected chi connectivity index (χ4v) is 2.56. The van der Waals surface area contributed by atoms with E-state index in [9.17, 15) is 4.79 Å². The van der Waals surface area contributed by atoms with Gasteiger partial charge in [-0.25, -0.2) is 4.79 Å². The number of aryl methyl sites for hydroxylation is 1. The maximum atomic E-state index is 12.1. The van der Waals surface area contributed by atoms with Crippen LogP contribution in [0.4, 0.5) is 17.5 Å². The van der Waals surface area contributed by atoms with Crippen molar-refractivity contribution in [1.82, 2.24) is 15.2 Å². The van der Waals surface area contributed by atoms with Crippen molar-refractivity contribution in [2.75, 3.05) is 17.2 Å². The van der Waals surface area contributed by atoms with Gasteiger partial charge in [-0.05, 0) is 31.5 Å². The smallest absolute Gasteiger partial charge is 0.340 e. The SMILES string of the molecule is CCOC(=O)c1ccccc1Nc1cnnc(NCc2cccc(C)c2)n1. The number of aromatic nitrogens is 3. The van der Waals surface area contributed by atoms with Crippen LogP contribution < -0.4 is 10.6 Å². The van der Waals surface area contributed by atoms with Gasteiger partial charge >= 0.3 is 5.97 Å². The highest BCUT2D eigenvalue weighted by Gasteiger charge is 2.12. The third kappa shape index (κ3) is 5.01. The van der Waals surface area contributed by atoms with Gasteiger partial charge in [-0.15, -0.1) is 5.10 Å². The molecule has 0 spiro atoms. The molecule has 0 amide bonds. The van der Waals surface area contributed by atoms with Crippen molar-refractivity contribution >= 4 is 23.4 Å². The summed E-state index contributed by atoms with van der Waals surface area (Å²) in [5.41, 5.74) is 3.36. The molecule has 0 radical (unpaired) electrons. The van der Waals surface area contributed by atoms with Crippen molar-refractivity contribution in [2.24, 2.45) is 0 Å². The van der Waals surface area contributed by atoms with Gasteiger partial charge in [-0.2, -0.15) is 10.1 Å². The Kier molecular flexibility index (Phi) is 5.94. The fraction of sp³-hybridized carbons (Fsp3) is 0.200. The van der Waals surface area contributed by atoms with Gasteiger partial charge in [0.15, 0.2) is 5.82 Å². The van der Waals surface area contributed by atoms with Crippen LogP contribution >= 0.6 is 0 Å². The third-order valence-corrected chi connectivity index (χ3v) is 3.78. The first-order valence-electron chi connectivity index (χ1n) is 8.68. The summed E-state index contributed by atoms with van der Waals surface area (Å²) in [4.78, 5) is 16.5. The lowest BCUT2D eigenvalue weighted by Crippen LogP contribution is -2.09. The zero-order valence-corrected chi connectivity index (χ0v) is 15.3. The quantitative estimate of drug-likeness (QED) is 0.619. The number of rotatable bonds is 7. The van der Waals surface area contributed by atoms with Crippen molar-refractivity contribution in [3.05, 3.63) is 71.4 Å². The molecule has 0 aliphatic rings. The molecular formula is C20H21N5O2. The minimum absolute atomic E-state index is 0.315. The lowest BCUT2D eigenvalue weighted by atomic mass is 10.1. The van der Waals surface area contributed by atoms with E-state index >= 15 is 0 Å². The average Bonchev–Trinajstić information content (AvgIpc) is 2.67. The fourth-order valence-electron chi connectivity index (χ4n) is 2.56. The lowest BCUT2D eigenvalue weighted by molar-refractivity contribution is 0.0527. The topological polar surface area (TPSA) is 89.0 Å². The summed E-state index contributed by atoms with van der Waals surface area (Å²) in [5.74, 6) is 0.490. The Labute approximate surface area is 157 Å². The number of carbonyl (C=O) groups is 1. The highest BCUT2D eigenvalue weighted by molar-refractivity contribution is 5.96. The monoisotopic (exact) mass is 363 g/mol. The first kappa shape index (κ1) is 18.3. The second-order valence-electron chi connectivity index (χ2n) is 5.90. The van der Waals surface area contributed by atoms with E-state index in [0.717, 1.165) is 5.56 Å². The molecule has 1 heterocycles. The predicted molar refractivity (Wildman–Crippen MR) is 104 cm³/mol. The molecule has 138 valence electrons. The Morgan fingerprint density at radius 3 is 2.81 bits per heavy atom. The van der Waals surface area contributed by atoms with Gasteiger partial charge in [0, 0.05) is 6.54 Å². The molecule has 7 heteroatoms. The number of ether oxygens (including phenoxy) is 1. The number of nitrogens with one attached hydrogen (secondary N) is 2. The standard InChI is InChI=1S/C20H21N5O2/c1-3-27-19(26)16-9-4-5-10-17(16)23-18-13-22-25-20(24-18)21-12-15-8-6-7-14(2)11-15/h4-11,13H,3,12H2,1-2H3,(H2,21,23,24,25). The molecule has 0 atom stereocenters. The average molecular weight is 363 g/mol. The maximum Gasteiger partial charge on any atom is 0.340 e. The first-order valence-corrected chi connectivity index (χ1v) is 8.68. The third-order valence-electron chi connectivity index (χ3n) is 3.78. The van der Waals surface area contributed by atoms with E-state index in [0.29, 0.717) is 36.2 Å². The normalized spacial score (nSPS) is 10.3. The number of anilines is 3. The van der Waals surface area contributed by atoms with Crippen LogP contribution in [0.25, 0.3) is 0 Å². The molecule has 7 nitrogen and oxygen atoms in total. The summed E-state index contributed by atoms with van der Waals surface area (Å²) < 4.78 is 5.09. The summed E-state index contributed by atoms with van der Waals surface area (Å²) in [5, 5.41) is 14.2. The zero-order valence-electron chi connectivity index (χ0n) is 15.3. The molecule has 0 aliphatic carbocycles. The molecule has 0 unspecified atom stereocenters. The van der Waals surface area contributed by atoms with Crippen LogP contribution in [-0.4, -0.2) is 27.8 Å². The van der Waals surface area contributed by atoms with Gasteiger partial charge in [-0.1, -0.05) is 42.0 Å². The summed E-state index contributed by atoms with van der Waals surface area (Å²) in [6, 6.07) is 15.3. The predicted octanol–water partition coefficient (Wildman–Crippen LogP) is 3.71. The van der Waals surface area contributed by atoms with Gasteiger partial charge in [0.25, 0.3) is 0 Å². The van der Waals surface area contributed by atoms with E-state index in [4.69, 9.17) is 4.74 Å². The van der Waals surface area contributed by atoms with Crippen molar-refractivity contribution < 1.29 is 9.53 Å². The van der Waals surface area contributed by atoms with Crippen molar-refractivity contribution in [3.63, 3.8) is 0 Å². The molecule has 27 heavy (non-hydrogen) atoms. The largest absolute Gasteiger partial charge is 0.462 e. The number of benzene rings is 2. The molecule has 0 bridgehead atoms. The minimum Gasteiger partial charge on any atom is -0.462 e. The zero-order chi connectivity index (χ0) is 19.1. The van der Waals surface area contributed by atoms with Crippen LogP contribution in [0, 0.1) is 6.92 Å². The Balaban J connectivity index is 1.72. The summed E-state index contributed by atoms with van der Waals surface area (Å²) >= 11 is 0. The molecule has 3 rings (SSSR count).